The number of nitriles is 1. The standard InChI is InChI=1S/C21H23N3O3S/c1-17(19-5-3-2-4-6-19)15-21(25)23-11-13-24(14-12-23)28(26,27)20-9-7-18(16-22)8-10-20/h2-10,17H,11-15H2,1H3. The third kappa shape index (κ3) is 4.41. The fraction of sp³-hybridized carbons (Fsp3) is 0.333. The van der Waals surface area contributed by atoms with E-state index in [1.54, 1.807) is 4.90 Å². The molecule has 1 aliphatic heterocycles. The lowest BCUT2D eigenvalue weighted by atomic mass is 9.97. The summed E-state index contributed by atoms with van der Waals surface area (Å²) in [6.07, 6.45) is 0.409. The van der Waals surface area contributed by atoms with Gasteiger partial charge in [-0.05, 0) is 35.7 Å². The number of amides is 1. The van der Waals surface area contributed by atoms with Gasteiger partial charge in [-0.2, -0.15) is 9.57 Å². The van der Waals surface area contributed by atoms with Gasteiger partial charge in [-0.3, -0.25) is 4.79 Å². The Kier molecular flexibility index (Phi) is 6.12. The van der Waals surface area contributed by atoms with E-state index in [4.69, 9.17) is 5.26 Å². The lowest BCUT2D eigenvalue weighted by molar-refractivity contribution is -0.132. The molecule has 1 heterocycles. The van der Waals surface area contributed by atoms with Crippen LogP contribution < -0.4 is 0 Å². The summed E-state index contributed by atoms with van der Waals surface area (Å²) in [7, 11) is -3.62. The second-order valence-corrected chi connectivity index (χ2v) is 8.87. The molecular formula is C21H23N3O3S. The monoisotopic (exact) mass is 397 g/mol. The lowest BCUT2D eigenvalue weighted by Crippen LogP contribution is -2.50. The number of nitrogens with zero attached hydrogens (tertiary/aromatic N) is 3. The van der Waals surface area contributed by atoms with Gasteiger partial charge < -0.3 is 4.90 Å². The highest BCUT2D eigenvalue weighted by Crippen LogP contribution is 2.22. The van der Waals surface area contributed by atoms with E-state index < -0.39 is 10.0 Å². The van der Waals surface area contributed by atoms with Gasteiger partial charge in [0.05, 0.1) is 16.5 Å². The second-order valence-electron chi connectivity index (χ2n) is 6.94. The molecule has 1 saturated heterocycles. The molecule has 0 spiro atoms. The molecule has 3 rings (SSSR count). The summed E-state index contributed by atoms with van der Waals surface area (Å²) >= 11 is 0. The quantitative estimate of drug-likeness (QED) is 0.777. The van der Waals surface area contributed by atoms with E-state index in [-0.39, 0.29) is 29.8 Å². The second kappa shape index (κ2) is 8.55. The summed E-state index contributed by atoms with van der Waals surface area (Å²) in [6, 6.07) is 17.8. The van der Waals surface area contributed by atoms with Gasteiger partial charge in [-0.25, -0.2) is 8.42 Å². The summed E-state index contributed by atoms with van der Waals surface area (Å²) in [5.41, 5.74) is 1.54. The van der Waals surface area contributed by atoms with Crippen LogP contribution in [0.4, 0.5) is 0 Å². The minimum atomic E-state index is -3.62. The van der Waals surface area contributed by atoms with Crippen molar-refractivity contribution in [3.05, 3.63) is 65.7 Å². The Morgan fingerprint density at radius 2 is 1.64 bits per heavy atom. The van der Waals surface area contributed by atoms with Gasteiger partial charge in [0.15, 0.2) is 0 Å². The fourth-order valence-corrected chi connectivity index (χ4v) is 4.74. The molecule has 0 saturated carbocycles. The van der Waals surface area contributed by atoms with Gasteiger partial charge in [0.2, 0.25) is 15.9 Å². The smallest absolute Gasteiger partial charge is 0.243 e. The van der Waals surface area contributed by atoms with Crippen molar-refractivity contribution in [3.63, 3.8) is 0 Å². The van der Waals surface area contributed by atoms with Gasteiger partial charge in [-0.15, -0.1) is 0 Å². The Morgan fingerprint density at radius 1 is 1.04 bits per heavy atom. The highest BCUT2D eigenvalue weighted by molar-refractivity contribution is 7.89. The number of carbonyl (C=O) groups is 1. The van der Waals surface area contributed by atoms with Crippen molar-refractivity contribution in [1.82, 2.24) is 9.21 Å². The van der Waals surface area contributed by atoms with E-state index in [2.05, 4.69) is 0 Å². The molecule has 6 nitrogen and oxygen atoms in total. The maximum absolute atomic E-state index is 12.8. The molecule has 0 aromatic heterocycles. The van der Waals surface area contributed by atoms with Crippen molar-refractivity contribution < 1.29 is 13.2 Å². The van der Waals surface area contributed by atoms with Crippen molar-refractivity contribution in [3.8, 4) is 6.07 Å². The predicted molar refractivity (Wildman–Crippen MR) is 106 cm³/mol. The molecule has 0 radical (unpaired) electrons. The fourth-order valence-electron chi connectivity index (χ4n) is 3.32. The van der Waals surface area contributed by atoms with Crippen LogP contribution in [0.1, 0.15) is 30.4 Å². The van der Waals surface area contributed by atoms with E-state index in [0.717, 1.165) is 5.56 Å². The van der Waals surface area contributed by atoms with Crippen LogP contribution >= 0.6 is 0 Å². The first kappa shape index (κ1) is 20.1. The molecule has 1 fully saturated rings. The number of benzene rings is 2. The van der Waals surface area contributed by atoms with Crippen LogP contribution in [0.25, 0.3) is 0 Å². The van der Waals surface area contributed by atoms with Crippen molar-refractivity contribution in [1.29, 1.82) is 5.26 Å². The molecule has 2 aromatic carbocycles. The number of hydrogen-bond donors (Lipinski definition) is 0. The molecule has 0 bridgehead atoms. The molecule has 146 valence electrons. The van der Waals surface area contributed by atoms with Crippen LogP contribution in [-0.4, -0.2) is 49.7 Å². The Balaban J connectivity index is 1.59. The largest absolute Gasteiger partial charge is 0.340 e. The summed E-state index contributed by atoms with van der Waals surface area (Å²) < 4.78 is 26.9. The normalized spacial score (nSPS) is 16.4. The Bertz CT molecular complexity index is 958. The lowest BCUT2D eigenvalue weighted by Gasteiger charge is -2.34. The van der Waals surface area contributed by atoms with Crippen LogP contribution in [0.5, 0.6) is 0 Å². The van der Waals surface area contributed by atoms with Crippen molar-refractivity contribution >= 4 is 15.9 Å². The van der Waals surface area contributed by atoms with Crippen molar-refractivity contribution in [2.75, 3.05) is 26.2 Å². The van der Waals surface area contributed by atoms with E-state index in [0.29, 0.717) is 25.1 Å². The Hall–Kier alpha value is -2.69. The highest BCUT2D eigenvalue weighted by Gasteiger charge is 2.30. The average molecular weight is 398 g/mol. The van der Waals surface area contributed by atoms with Crippen LogP contribution in [0, 0.1) is 11.3 Å². The van der Waals surface area contributed by atoms with E-state index >= 15 is 0 Å². The zero-order chi connectivity index (χ0) is 20.1. The van der Waals surface area contributed by atoms with Gasteiger partial charge in [0.25, 0.3) is 0 Å². The van der Waals surface area contributed by atoms with Gasteiger partial charge in [0, 0.05) is 32.6 Å². The zero-order valence-corrected chi connectivity index (χ0v) is 16.6. The molecule has 0 aliphatic carbocycles. The van der Waals surface area contributed by atoms with Gasteiger partial charge in [0.1, 0.15) is 0 Å². The number of sulfonamides is 1. The molecule has 1 unspecified atom stereocenters. The number of carbonyl (C=O) groups excluding carboxylic acids is 1. The average Bonchev–Trinajstić information content (AvgIpc) is 2.74. The van der Waals surface area contributed by atoms with Crippen LogP contribution in [0.15, 0.2) is 59.5 Å². The molecule has 0 N–H and O–H groups in total. The minimum absolute atomic E-state index is 0.0479. The maximum atomic E-state index is 12.8. The molecule has 28 heavy (non-hydrogen) atoms. The summed E-state index contributed by atoms with van der Waals surface area (Å²) in [6.45, 7) is 3.34. The molecule has 1 aliphatic rings. The van der Waals surface area contributed by atoms with E-state index in [1.807, 2.05) is 43.3 Å². The highest BCUT2D eigenvalue weighted by atomic mass is 32.2. The van der Waals surface area contributed by atoms with Crippen molar-refractivity contribution in [2.24, 2.45) is 0 Å². The maximum Gasteiger partial charge on any atom is 0.243 e. The number of hydrogen-bond acceptors (Lipinski definition) is 4. The SMILES string of the molecule is CC(CC(=O)N1CCN(S(=O)(=O)c2ccc(C#N)cc2)CC1)c1ccccc1. The predicted octanol–water partition coefficient (Wildman–Crippen LogP) is 2.58. The van der Waals surface area contributed by atoms with Crippen LogP contribution in [0.2, 0.25) is 0 Å². The molecule has 1 amide bonds. The van der Waals surface area contributed by atoms with Crippen LogP contribution in [0.3, 0.4) is 0 Å². The van der Waals surface area contributed by atoms with E-state index in [1.165, 1.54) is 28.6 Å². The molecule has 7 heteroatoms. The first-order chi connectivity index (χ1) is 13.4. The number of piperazine rings is 1. The first-order valence-electron chi connectivity index (χ1n) is 9.25. The van der Waals surface area contributed by atoms with E-state index in [9.17, 15) is 13.2 Å². The van der Waals surface area contributed by atoms with Crippen molar-refractivity contribution in [2.45, 2.75) is 24.2 Å². The summed E-state index contributed by atoms with van der Waals surface area (Å²) in [5, 5.41) is 8.85. The third-order valence-electron chi connectivity index (χ3n) is 5.06. The van der Waals surface area contributed by atoms with Gasteiger partial charge in [-0.1, -0.05) is 37.3 Å². The topological polar surface area (TPSA) is 81.5 Å². The summed E-state index contributed by atoms with van der Waals surface area (Å²) in [5.74, 6) is 0.167. The van der Waals surface area contributed by atoms with Gasteiger partial charge >= 0.3 is 0 Å². The Labute approximate surface area is 166 Å². The molecular weight excluding hydrogens is 374 g/mol. The minimum Gasteiger partial charge on any atom is -0.340 e. The third-order valence-corrected chi connectivity index (χ3v) is 6.97. The number of rotatable bonds is 5. The Morgan fingerprint density at radius 3 is 2.21 bits per heavy atom. The zero-order valence-electron chi connectivity index (χ0n) is 15.8. The molecule has 2 aromatic rings. The molecule has 1 atom stereocenters. The van der Waals surface area contributed by atoms with Crippen LogP contribution in [-0.2, 0) is 14.8 Å². The summed E-state index contributed by atoms with van der Waals surface area (Å²) in [4.78, 5) is 14.5. The first-order valence-corrected chi connectivity index (χ1v) is 10.7.